The third-order valence-corrected chi connectivity index (χ3v) is 4.10. The first kappa shape index (κ1) is 14.6. The normalized spacial score (nSPS) is 10.5. The molecule has 0 saturated carbocycles. The first-order valence-corrected chi connectivity index (χ1v) is 7.56. The molecule has 2 aromatic carbocycles. The molecule has 2 aromatic rings. The summed E-state index contributed by atoms with van der Waals surface area (Å²) < 4.78 is 7.55. The van der Waals surface area contributed by atoms with Crippen molar-refractivity contribution >= 4 is 31.9 Å². The Morgan fingerprint density at radius 3 is 2.47 bits per heavy atom. The molecule has 0 radical (unpaired) electrons. The van der Waals surface area contributed by atoms with Crippen LogP contribution in [0.3, 0.4) is 0 Å². The molecule has 0 aliphatic heterocycles. The number of rotatable bonds is 5. The summed E-state index contributed by atoms with van der Waals surface area (Å²) in [4.78, 5) is 0. The van der Waals surface area contributed by atoms with E-state index in [1.807, 2.05) is 24.3 Å². The summed E-state index contributed by atoms with van der Waals surface area (Å²) in [6, 6.07) is 14.2. The summed E-state index contributed by atoms with van der Waals surface area (Å²) in [5.74, 6) is 0.905. The van der Waals surface area contributed by atoms with Gasteiger partial charge in [-0.05, 0) is 29.8 Å². The van der Waals surface area contributed by atoms with Gasteiger partial charge in [-0.15, -0.1) is 0 Å². The third kappa shape index (κ3) is 4.06. The van der Waals surface area contributed by atoms with Crippen LogP contribution in [0.15, 0.2) is 51.4 Å². The van der Waals surface area contributed by atoms with Crippen LogP contribution in [0.2, 0.25) is 0 Å². The first-order chi connectivity index (χ1) is 9.20. The smallest absolute Gasteiger partial charge is 0.123 e. The molecule has 0 unspecified atom stereocenters. The van der Waals surface area contributed by atoms with Crippen molar-refractivity contribution in [2.45, 2.75) is 13.1 Å². The zero-order chi connectivity index (χ0) is 13.7. The second-order valence-electron chi connectivity index (χ2n) is 4.15. The lowest BCUT2D eigenvalue weighted by molar-refractivity contribution is 0.407. The van der Waals surface area contributed by atoms with Crippen molar-refractivity contribution in [1.29, 1.82) is 0 Å². The molecule has 4 heteroatoms. The summed E-state index contributed by atoms with van der Waals surface area (Å²) in [6.45, 7) is 1.58. The SMILES string of the molecule is COc1ccc(Br)cc1CNCc1ccccc1Br. The molecular formula is C15H15Br2NO. The zero-order valence-corrected chi connectivity index (χ0v) is 13.8. The van der Waals surface area contributed by atoms with E-state index in [0.29, 0.717) is 0 Å². The van der Waals surface area contributed by atoms with Crippen LogP contribution in [0.1, 0.15) is 11.1 Å². The van der Waals surface area contributed by atoms with E-state index in [1.54, 1.807) is 7.11 Å². The first-order valence-electron chi connectivity index (χ1n) is 5.97. The minimum absolute atomic E-state index is 0.768. The number of nitrogens with one attached hydrogen (secondary N) is 1. The Kier molecular flexibility index (Phi) is 5.43. The van der Waals surface area contributed by atoms with Crippen LogP contribution in [0, 0.1) is 0 Å². The van der Waals surface area contributed by atoms with E-state index >= 15 is 0 Å². The Hall–Kier alpha value is -0.840. The minimum atomic E-state index is 0.768. The molecule has 0 heterocycles. The number of halogens is 2. The maximum absolute atomic E-state index is 5.36. The fraction of sp³-hybridized carbons (Fsp3) is 0.200. The van der Waals surface area contributed by atoms with Crippen molar-refractivity contribution in [3.63, 3.8) is 0 Å². The van der Waals surface area contributed by atoms with Crippen LogP contribution in [0.4, 0.5) is 0 Å². The van der Waals surface area contributed by atoms with Gasteiger partial charge in [0.25, 0.3) is 0 Å². The number of benzene rings is 2. The van der Waals surface area contributed by atoms with Gasteiger partial charge >= 0.3 is 0 Å². The van der Waals surface area contributed by atoms with Gasteiger partial charge in [-0.2, -0.15) is 0 Å². The van der Waals surface area contributed by atoms with Crippen LogP contribution in [-0.4, -0.2) is 7.11 Å². The van der Waals surface area contributed by atoms with Gasteiger partial charge in [0.2, 0.25) is 0 Å². The van der Waals surface area contributed by atoms with Crippen molar-refractivity contribution in [3.05, 3.63) is 62.5 Å². The standard InChI is InChI=1S/C15H15Br2NO/c1-19-15-7-6-13(16)8-12(15)10-18-9-11-4-2-3-5-14(11)17/h2-8,18H,9-10H2,1H3. The maximum Gasteiger partial charge on any atom is 0.123 e. The van der Waals surface area contributed by atoms with Crippen LogP contribution in [-0.2, 0) is 13.1 Å². The molecule has 0 aromatic heterocycles. The van der Waals surface area contributed by atoms with Gasteiger partial charge in [-0.25, -0.2) is 0 Å². The molecule has 0 aliphatic carbocycles. The highest BCUT2D eigenvalue weighted by Gasteiger charge is 2.04. The van der Waals surface area contributed by atoms with Crippen molar-refractivity contribution in [2.75, 3.05) is 7.11 Å². The van der Waals surface area contributed by atoms with Crippen LogP contribution < -0.4 is 10.1 Å². The van der Waals surface area contributed by atoms with Crippen molar-refractivity contribution in [3.8, 4) is 5.75 Å². The van der Waals surface area contributed by atoms with E-state index in [9.17, 15) is 0 Å². The molecule has 2 rings (SSSR count). The molecule has 100 valence electrons. The number of hydrogen-bond donors (Lipinski definition) is 1. The van der Waals surface area contributed by atoms with Gasteiger partial charge in [0.05, 0.1) is 7.11 Å². The average Bonchev–Trinajstić information content (AvgIpc) is 2.41. The third-order valence-electron chi connectivity index (χ3n) is 2.83. The van der Waals surface area contributed by atoms with E-state index in [0.717, 1.165) is 33.3 Å². The average molecular weight is 385 g/mol. The van der Waals surface area contributed by atoms with Crippen molar-refractivity contribution < 1.29 is 4.74 Å². The topological polar surface area (TPSA) is 21.3 Å². The second-order valence-corrected chi connectivity index (χ2v) is 5.92. The number of ether oxygens (including phenoxy) is 1. The Balaban J connectivity index is 2.00. The summed E-state index contributed by atoms with van der Waals surface area (Å²) in [5, 5.41) is 3.43. The summed E-state index contributed by atoms with van der Waals surface area (Å²) in [5.41, 5.74) is 2.39. The predicted octanol–water partition coefficient (Wildman–Crippen LogP) is 4.51. The molecule has 0 bridgehead atoms. The lowest BCUT2D eigenvalue weighted by Gasteiger charge is -2.11. The largest absolute Gasteiger partial charge is 0.496 e. The molecule has 1 N–H and O–H groups in total. The minimum Gasteiger partial charge on any atom is -0.496 e. The molecule has 0 fully saturated rings. The van der Waals surface area contributed by atoms with Gasteiger partial charge in [0, 0.05) is 27.6 Å². The molecule has 0 amide bonds. The Morgan fingerprint density at radius 1 is 1.00 bits per heavy atom. The van der Waals surface area contributed by atoms with Gasteiger partial charge in [-0.3, -0.25) is 0 Å². The monoisotopic (exact) mass is 383 g/mol. The summed E-state index contributed by atoms with van der Waals surface area (Å²) in [6.07, 6.45) is 0. The number of methoxy groups -OCH3 is 1. The van der Waals surface area contributed by atoms with Crippen molar-refractivity contribution in [2.24, 2.45) is 0 Å². The molecule has 2 nitrogen and oxygen atoms in total. The highest BCUT2D eigenvalue weighted by Crippen LogP contribution is 2.23. The van der Waals surface area contributed by atoms with Crippen molar-refractivity contribution in [1.82, 2.24) is 5.32 Å². The van der Waals surface area contributed by atoms with E-state index in [1.165, 1.54) is 5.56 Å². The van der Waals surface area contributed by atoms with Crippen LogP contribution >= 0.6 is 31.9 Å². The summed E-state index contributed by atoms with van der Waals surface area (Å²) in [7, 11) is 1.69. The van der Waals surface area contributed by atoms with E-state index in [2.05, 4.69) is 55.4 Å². The number of hydrogen-bond acceptors (Lipinski definition) is 2. The zero-order valence-electron chi connectivity index (χ0n) is 10.6. The quantitative estimate of drug-likeness (QED) is 0.818. The molecule has 0 aliphatic rings. The lowest BCUT2D eigenvalue weighted by Crippen LogP contribution is -2.13. The Bertz CT molecular complexity index is 558. The lowest BCUT2D eigenvalue weighted by atomic mass is 10.2. The van der Waals surface area contributed by atoms with E-state index in [-0.39, 0.29) is 0 Å². The molecule has 0 atom stereocenters. The Labute approximate surface area is 130 Å². The molecular weight excluding hydrogens is 370 g/mol. The van der Waals surface area contributed by atoms with E-state index < -0.39 is 0 Å². The second kappa shape index (κ2) is 7.08. The van der Waals surface area contributed by atoms with Crippen LogP contribution in [0.25, 0.3) is 0 Å². The maximum atomic E-state index is 5.36. The van der Waals surface area contributed by atoms with Gasteiger partial charge in [0.15, 0.2) is 0 Å². The van der Waals surface area contributed by atoms with Gasteiger partial charge in [-0.1, -0.05) is 50.1 Å². The van der Waals surface area contributed by atoms with E-state index in [4.69, 9.17) is 4.74 Å². The molecule has 19 heavy (non-hydrogen) atoms. The van der Waals surface area contributed by atoms with Gasteiger partial charge < -0.3 is 10.1 Å². The highest BCUT2D eigenvalue weighted by atomic mass is 79.9. The summed E-state index contributed by atoms with van der Waals surface area (Å²) >= 11 is 7.03. The predicted molar refractivity (Wildman–Crippen MR) is 85.4 cm³/mol. The fourth-order valence-corrected chi connectivity index (χ4v) is 2.69. The highest BCUT2D eigenvalue weighted by molar-refractivity contribution is 9.10. The Morgan fingerprint density at radius 2 is 1.74 bits per heavy atom. The molecule has 0 saturated heterocycles. The van der Waals surface area contributed by atoms with Gasteiger partial charge in [0.1, 0.15) is 5.75 Å². The van der Waals surface area contributed by atoms with Crippen LogP contribution in [0.5, 0.6) is 5.75 Å². The fourth-order valence-electron chi connectivity index (χ4n) is 1.86. The molecule has 0 spiro atoms.